The third-order valence-corrected chi connectivity index (χ3v) is 10.0. The van der Waals surface area contributed by atoms with Crippen LogP contribution in [0.1, 0.15) is 0 Å². The third kappa shape index (κ3) is 3.31. The van der Waals surface area contributed by atoms with Crippen molar-refractivity contribution >= 4 is 86.2 Å². The maximum absolute atomic E-state index is 5.35. The lowest BCUT2D eigenvalue weighted by Gasteiger charge is -2.09. The Balaban J connectivity index is 1.21. The van der Waals surface area contributed by atoms with E-state index in [1.54, 1.807) is 11.3 Å². The Kier molecular flexibility index (Phi) is 4.87. The second-order valence-corrected chi connectivity index (χ2v) is 12.4. The number of nitrogens with zero attached hydrogens (tertiary/aromatic N) is 3. The van der Waals surface area contributed by atoms with E-state index in [4.69, 9.17) is 9.97 Å². The van der Waals surface area contributed by atoms with Gasteiger partial charge in [0.25, 0.3) is 0 Å². The average Bonchev–Trinajstić information content (AvgIpc) is 3.62. The van der Waals surface area contributed by atoms with E-state index >= 15 is 0 Å². The van der Waals surface area contributed by atoms with E-state index in [9.17, 15) is 0 Å². The van der Waals surface area contributed by atoms with E-state index in [2.05, 4.69) is 144 Å². The van der Waals surface area contributed by atoms with Crippen molar-refractivity contribution < 1.29 is 0 Å². The summed E-state index contributed by atoms with van der Waals surface area (Å²) in [5, 5.41) is 8.39. The fourth-order valence-corrected chi connectivity index (χ4v) is 7.99. The SMILES string of the molecule is c1ccc(-n2c3ccccc3c3cc(-c4ccc5sc6nc7c8ccccc8c8ccccc8c7nc6c5c4)ccc32)cc1. The van der Waals surface area contributed by atoms with E-state index in [-0.39, 0.29) is 0 Å². The molecule has 0 aliphatic rings. The quantitative estimate of drug-likeness (QED) is 0.191. The zero-order valence-corrected chi connectivity index (χ0v) is 24.3. The Labute approximate surface area is 256 Å². The van der Waals surface area contributed by atoms with Crippen molar-refractivity contribution in [2.24, 2.45) is 0 Å². The van der Waals surface area contributed by atoms with Gasteiger partial charge in [0.05, 0.1) is 22.1 Å². The van der Waals surface area contributed by atoms with Crippen LogP contribution in [0.15, 0.2) is 140 Å². The molecular formula is C40H23N3S. The highest BCUT2D eigenvalue weighted by atomic mass is 32.1. The van der Waals surface area contributed by atoms with Crippen LogP contribution in [0.3, 0.4) is 0 Å². The van der Waals surface area contributed by atoms with Gasteiger partial charge in [0.15, 0.2) is 0 Å². The number of fused-ring (bicyclic) bond motifs is 12. The summed E-state index contributed by atoms with van der Waals surface area (Å²) in [7, 11) is 0. The largest absolute Gasteiger partial charge is 0.309 e. The Morgan fingerprint density at radius 2 is 0.977 bits per heavy atom. The van der Waals surface area contributed by atoms with Crippen LogP contribution in [0.25, 0.3) is 91.6 Å². The van der Waals surface area contributed by atoms with Crippen molar-refractivity contribution in [1.29, 1.82) is 0 Å². The molecule has 0 amide bonds. The number of aromatic nitrogens is 3. The molecule has 204 valence electrons. The molecule has 0 bridgehead atoms. The van der Waals surface area contributed by atoms with Gasteiger partial charge in [-0.1, -0.05) is 97.1 Å². The third-order valence-electron chi connectivity index (χ3n) is 8.98. The molecule has 0 N–H and O–H groups in total. The van der Waals surface area contributed by atoms with E-state index < -0.39 is 0 Å². The summed E-state index contributed by atoms with van der Waals surface area (Å²) in [5.74, 6) is 0. The number of thiophene rings is 1. The van der Waals surface area contributed by atoms with Gasteiger partial charge in [0.1, 0.15) is 10.3 Å². The van der Waals surface area contributed by atoms with Crippen LogP contribution in [0.5, 0.6) is 0 Å². The number of hydrogen-bond acceptors (Lipinski definition) is 3. The van der Waals surface area contributed by atoms with E-state index in [1.807, 2.05) is 0 Å². The van der Waals surface area contributed by atoms with Gasteiger partial charge in [-0.05, 0) is 64.4 Å². The smallest absolute Gasteiger partial charge is 0.143 e. The molecule has 0 radical (unpaired) electrons. The fourth-order valence-electron chi connectivity index (χ4n) is 6.99. The average molecular weight is 578 g/mol. The molecular weight excluding hydrogens is 555 g/mol. The molecule has 44 heavy (non-hydrogen) atoms. The summed E-state index contributed by atoms with van der Waals surface area (Å²) in [6, 6.07) is 50.0. The highest BCUT2D eigenvalue weighted by Crippen LogP contribution is 2.40. The molecule has 0 saturated heterocycles. The molecule has 0 fully saturated rings. The van der Waals surface area contributed by atoms with Gasteiger partial charge in [-0.2, -0.15) is 0 Å². The molecule has 0 aliphatic heterocycles. The topological polar surface area (TPSA) is 30.7 Å². The molecule has 10 rings (SSSR count). The van der Waals surface area contributed by atoms with Crippen LogP contribution in [-0.4, -0.2) is 14.5 Å². The number of hydrogen-bond donors (Lipinski definition) is 0. The molecule has 0 unspecified atom stereocenters. The lowest BCUT2D eigenvalue weighted by atomic mass is 9.99. The Bertz CT molecular complexity index is 2770. The van der Waals surface area contributed by atoms with Crippen molar-refractivity contribution in [3.8, 4) is 16.8 Å². The summed E-state index contributed by atoms with van der Waals surface area (Å²) in [6.45, 7) is 0. The molecule has 0 spiro atoms. The van der Waals surface area contributed by atoms with Gasteiger partial charge in [-0.25, -0.2) is 9.97 Å². The predicted molar refractivity (Wildman–Crippen MR) is 187 cm³/mol. The molecule has 3 heterocycles. The van der Waals surface area contributed by atoms with Gasteiger partial charge < -0.3 is 4.57 Å². The van der Waals surface area contributed by atoms with Crippen molar-refractivity contribution in [2.45, 2.75) is 0 Å². The van der Waals surface area contributed by atoms with Crippen molar-refractivity contribution in [3.05, 3.63) is 140 Å². The normalized spacial score (nSPS) is 12.1. The van der Waals surface area contributed by atoms with Crippen LogP contribution < -0.4 is 0 Å². The van der Waals surface area contributed by atoms with Gasteiger partial charge >= 0.3 is 0 Å². The van der Waals surface area contributed by atoms with Gasteiger partial charge in [-0.3, -0.25) is 0 Å². The Hall–Kier alpha value is -5.58. The summed E-state index contributed by atoms with van der Waals surface area (Å²) in [6.07, 6.45) is 0. The lowest BCUT2D eigenvalue weighted by molar-refractivity contribution is 1.18. The monoisotopic (exact) mass is 577 g/mol. The Morgan fingerprint density at radius 3 is 1.73 bits per heavy atom. The molecule has 0 atom stereocenters. The molecule has 7 aromatic carbocycles. The van der Waals surface area contributed by atoms with Crippen LogP contribution in [0.2, 0.25) is 0 Å². The lowest BCUT2D eigenvalue weighted by Crippen LogP contribution is -1.92. The second-order valence-electron chi connectivity index (χ2n) is 11.4. The molecule has 4 heteroatoms. The summed E-state index contributed by atoms with van der Waals surface area (Å²) in [5.41, 5.74) is 8.88. The number of para-hydroxylation sites is 2. The van der Waals surface area contributed by atoms with Gasteiger partial charge in [-0.15, -0.1) is 11.3 Å². The number of benzene rings is 7. The molecule has 10 aromatic rings. The second kappa shape index (κ2) is 8.96. The maximum atomic E-state index is 5.35. The minimum atomic E-state index is 0.965. The van der Waals surface area contributed by atoms with Crippen LogP contribution in [0, 0.1) is 0 Å². The number of rotatable bonds is 2. The molecule has 3 aromatic heterocycles. The Morgan fingerprint density at radius 1 is 0.409 bits per heavy atom. The first-order chi connectivity index (χ1) is 21.8. The minimum absolute atomic E-state index is 0.965. The minimum Gasteiger partial charge on any atom is -0.309 e. The highest BCUT2D eigenvalue weighted by molar-refractivity contribution is 7.25. The maximum Gasteiger partial charge on any atom is 0.143 e. The summed E-state index contributed by atoms with van der Waals surface area (Å²) >= 11 is 1.72. The van der Waals surface area contributed by atoms with E-state index in [0.717, 1.165) is 37.5 Å². The van der Waals surface area contributed by atoms with Crippen molar-refractivity contribution in [3.63, 3.8) is 0 Å². The molecule has 0 saturated carbocycles. The summed E-state index contributed by atoms with van der Waals surface area (Å²) in [4.78, 5) is 11.6. The van der Waals surface area contributed by atoms with Crippen molar-refractivity contribution in [2.75, 3.05) is 0 Å². The predicted octanol–water partition coefficient (Wildman–Crippen LogP) is 11.1. The highest BCUT2D eigenvalue weighted by Gasteiger charge is 2.17. The van der Waals surface area contributed by atoms with E-state index in [1.165, 1.54) is 54.1 Å². The van der Waals surface area contributed by atoms with Crippen molar-refractivity contribution in [1.82, 2.24) is 14.5 Å². The zero-order valence-electron chi connectivity index (χ0n) is 23.5. The fraction of sp³-hybridized carbons (Fsp3) is 0. The summed E-state index contributed by atoms with van der Waals surface area (Å²) < 4.78 is 3.56. The molecule has 0 aliphatic carbocycles. The van der Waals surface area contributed by atoms with Gasteiger partial charge in [0.2, 0.25) is 0 Å². The van der Waals surface area contributed by atoms with Crippen LogP contribution in [0.4, 0.5) is 0 Å². The first kappa shape index (κ1) is 23.9. The molecule has 3 nitrogen and oxygen atoms in total. The van der Waals surface area contributed by atoms with Gasteiger partial charge in [0, 0.05) is 37.3 Å². The van der Waals surface area contributed by atoms with Crippen LogP contribution >= 0.6 is 11.3 Å². The standard InChI is InChI=1S/C40H23N3S/c1-2-10-26(11-3-1)43-34-17-9-8-14-29(34)32-22-24(18-20-35(32)43)25-19-21-36-33(23-25)39-40(44-36)42-38-31-16-7-5-13-28(31)27-12-4-6-15-30(27)37(38)41-39/h1-23H. The first-order valence-corrected chi connectivity index (χ1v) is 15.7. The van der Waals surface area contributed by atoms with Crippen LogP contribution in [-0.2, 0) is 0 Å². The first-order valence-electron chi connectivity index (χ1n) is 14.8. The van der Waals surface area contributed by atoms with E-state index in [0.29, 0.717) is 0 Å². The zero-order chi connectivity index (χ0) is 28.8.